The fraction of sp³-hybridized carbons (Fsp3) is 0.680. The van der Waals surface area contributed by atoms with Gasteiger partial charge in [-0.1, -0.05) is 26.0 Å². The van der Waals surface area contributed by atoms with Gasteiger partial charge in [0.15, 0.2) is 6.29 Å². The molecule has 6 nitrogen and oxygen atoms in total. The van der Waals surface area contributed by atoms with Crippen molar-refractivity contribution in [1.82, 2.24) is 4.98 Å². The Labute approximate surface area is 185 Å². The van der Waals surface area contributed by atoms with E-state index in [-0.39, 0.29) is 23.4 Å². The standard InChI is InChI=1S/C25H35NO5/c1-17-4-5-20-24(2,19(17)11-15-29-18-9-13-26-14-10-18)12-8-21-25(20,3)16-30-23(31-21)7-6-22(27)28/h9-10,13-14,19-21,23H,1,4-8,11-12,15-16H2,2-3H3,(H,27,28)/t19-,20?,21-,23-,24+,25+/m1/s1. The fourth-order valence-corrected chi connectivity index (χ4v) is 6.54. The first kappa shape index (κ1) is 22.3. The Morgan fingerprint density at radius 2 is 2.03 bits per heavy atom. The van der Waals surface area contributed by atoms with Crippen molar-refractivity contribution < 1.29 is 24.1 Å². The van der Waals surface area contributed by atoms with Crippen LogP contribution < -0.4 is 4.74 Å². The highest BCUT2D eigenvalue weighted by atomic mass is 16.7. The molecule has 6 heteroatoms. The summed E-state index contributed by atoms with van der Waals surface area (Å²) in [5, 5.41) is 8.98. The number of rotatable bonds is 7. The van der Waals surface area contributed by atoms with E-state index in [1.165, 1.54) is 5.57 Å². The van der Waals surface area contributed by atoms with Crippen molar-refractivity contribution in [3.8, 4) is 5.75 Å². The first-order valence-electron chi connectivity index (χ1n) is 11.5. The number of aliphatic carboxylic acids is 1. The van der Waals surface area contributed by atoms with Crippen LogP contribution in [0.1, 0.15) is 58.8 Å². The van der Waals surface area contributed by atoms with Crippen LogP contribution in [0.2, 0.25) is 0 Å². The van der Waals surface area contributed by atoms with Gasteiger partial charge in [-0.05, 0) is 61.5 Å². The van der Waals surface area contributed by atoms with Crippen LogP contribution in [0, 0.1) is 22.7 Å². The predicted octanol–water partition coefficient (Wildman–Crippen LogP) is 4.85. The van der Waals surface area contributed by atoms with Gasteiger partial charge in [0.1, 0.15) is 5.75 Å². The summed E-state index contributed by atoms with van der Waals surface area (Å²) in [6, 6.07) is 3.79. The van der Waals surface area contributed by atoms with Gasteiger partial charge >= 0.3 is 5.97 Å². The lowest BCUT2D eigenvalue weighted by molar-refractivity contribution is -0.304. The van der Waals surface area contributed by atoms with E-state index in [0.717, 1.165) is 37.9 Å². The highest BCUT2D eigenvalue weighted by Crippen LogP contribution is 2.63. The third-order valence-corrected chi connectivity index (χ3v) is 8.13. The maximum Gasteiger partial charge on any atom is 0.303 e. The molecule has 31 heavy (non-hydrogen) atoms. The molecule has 3 fully saturated rings. The molecule has 4 rings (SSSR count). The van der Waals surface area contributed by atoms with Crippen molar-refractivity contribution in [1.29, 1.82) is 0 Å². The molecular weight excluding hydrogens is 394 g/mol. The highest BCUT2D eigenvalue weighted by Gasteiger charge is 2.60. The van der Waals surface area contributed by atoms with Crippen molar-refractivity contribution in [2.45, 2.75) is 71.2 Å². The fourth-order valence-electron chi connectivity index (χ4n) is 6.54. The van der Waals surface area contributed by atoms with Gasteiger partial charge in [0, 0.05) is 24.2 Å². The Morgan fingerprint density at radius 3 is 2.77 bits per heavy atom. The van der Waals surface area contributed by atoms with Crippen molar-refractivity contribution >= 4 is 5.97 Å². The molecule has 1 aliphatic heterocycles. The molecule has 3 aliphatic rings. The zero-order valence-corrected chi connectivity index (χ0v) is 18.7. The van der Waals surface area contributed by atoms with Gasteiger partial charge in [-0.15, -0.1) is 0 Å². The number of nitrogens with zero attached hydrogens (tertiary/aromatic N) is 1. The van der Waals surface area contributed by atoms with Crippen molar-refractivity contribution in [2.24, 2.45) is 22.7 Å². The van der Waals surface area contributed by atoms with Gasteiger partial charge in [0.25, 0.3) is 0 Å². The second-order valence-corrected chi connectivity index (χ2v) is 9.97. The molecule has 2 heterocycles. The van der Waals surface area contributed by atoms with Crippen LogP contribution in [0.3, 0.4) is 0 Å². The van der Waals surface area contributed by atoms with E-state index in [1.807, 2.05) is 12.1 Å². The molecule has 1 saturated heterocycles. The first-order valence-corrected chi connectivity index (χ1v) is 11.5. The Morgan fingerprint density at radius 1 is 1.26 bits per heavy atom. The van der Waals surface area contributed by atoms with E-state index >= 15 is 0 Å². The number of carboxylic acids is 1. The van der Waals surface area contributed by atoms with E-state index in [0.29, 0.717) is 31.5 Å². The number of ether oxygens (including phenoxy) is 3. The van der Waals surface area contributed by atoms with E-state index in [4.69, 9.17) is 19.3 Å². The normalized spacial score (nSPS) is 37.5. The van der Waals surface area contributed by atoms with Gasteiger partial charge in [-0.25, -0.2) is 0 Å². The molecule has 1 unspecified atom stereocenters. The van der Waals surface area contributed by atoms with E-state index in [9.17, 15) is 4.79 Å². The number of allylic oxidation sites excluding steroid dienone is 1. The lowest BCUT2D eigenvalue weighted by Crippen LogP contribution is -2.61. The van der Waals surface area contributed by atoms with Gasteiger partial charge in [-0.2, -0.15) is 0 Å². The van der Waals surface area contributed by atoms with Crippen LogP contribution in [0.15, 0.2) is 36.7 Å². The zero-order valence-electron chi connectivity index (χ0n) is 18.7. The SMILES string of the molecule is C=C1CCC2[C@]3(C)CO[C@@H](CCC(=O)O)O[C@@H]3CC[C@@]2(C)[C@@H]1CCOc1ccncc1. The summed E-state index contributed by atoms with van der Waals surface area (Å²) in [4.78, 5) is 15.0. The number of carboxylic acid groups (broad SMARTS) is 1. The molecule has 1 N–H and O–H groups in total. The van der Waals surface area contributed by atoms with E-state index < -0.39 is 12.3 Å². The number of aromatic nitrogens is 1. The maximum absolute atomic E-state index is 10.9. The largest absolute Gasteiger partial charge is 0.493 e. The summed E-state index contributed by atoms with van der Waals surface area (Å²) in [5.41, 5.74) is 1.43. The molecule has 2 aliphatic carbocycles. The minimum atomic E-state index is -0.806. The average Bonchev–Trinajstić information content (AvgIpc) is 2.74. The van der Waals surface area contributed by atoms with Crippen LogP contribution in [0.5, 0.6) is 5.75 Å². The number of hydrogen-bond acceptors (Lipinski definition) is 5. The molecular formula is C25H35NO5. The van der Waals surface area contributed by atoms with Crippen molar-refractivity contribution in [3.05, 3.63) is 36.7 Å². The van der Waals surface area contributed by atoms with Crippen molar-refractivity contribution in [2.75, 3.05) is 13.2 Å². The van der Waals surface area contributed by atoms with Crippen LogP contribution >= 0.6 is 0 Å². The smallest absolute Gasteiger partial charge is 0.303 e. The Balaban J connectivity index is 1.44. The summed E-state index contributed by atoms with van der Waals surface area (Å²) in [5.74, 6) is 0.945. The van der Waals surface area contributed by atoms with Crippen LogP contribution in [0.4, 0.5) is 0 Å². The van der Waals surface area contributed by atoms with Crippen LogP contribution in [-0.2, 0) is 14.3 Å². The molecule has 1 aromatic rings. The average molecular weight is 430 g/mol. The second-order valence-electron chi connectivity index (χ2n) is 9.97. The van der Waals surface area contributed by atoms with Gasteiger partial charge in [0.05, 0.1) is 25.7 Å². The van der Waals surface area contributed by atoms with Crippen LogP contribution in [-0.4, -0.2) is 41.7 Å². The Bertz CT molecular complexity index is 798. The quantitative estimate of drug-likeness (QED) is 0.625. The topological polar surface area (TPSA) is 77.9 Å². The summed E-state index contributed by atoms with van der Waals surface area (Å²) < 4.78 is 18.4. The number of hydrogen-bond donors (Lipinski definition) is 1. The molecule has 1 aromatic heterocycles. The molecule has 2 saturated carbocycles. The molecule has 6 atom stereocenters. The number of carbonyl (C=O) groups is 1. The Hall–Kier alpha value is -1.92. The van der Waals surface area contributed by atoms with E-state index in [2.05, 4.69) is 25.4 Å². The first-order chi connectivity index (χ1) is 14.8. The van der Waals surface area contributed by atoms with Gasteiger partial charge < -0.3 is 19.3 Å². The summed E-state index contributed by atoms with van der Waals surface area (Å²) in [7, 11) is 0. The molecule has 0 spiro atoms. The number of pyridine rings is 1. The molecule has 0 radical (unpaired) electrons. The molecule has 170 valence electrons. The van der Waals surface area contributed by atoms with Gasteiger partial charge in [0.2, 0.25) is 0 Å². The lowest BCUT2D eigenvalue weighted by atomic mass is 9.46. The third kappa shape index (κ3) is 4.37. The minimum Gasteiger partial charge on any atom is -0.493 e. The molecule has 0 amide bonds. The van der Waals surface area contributed by atoms with Crippen LogP contribution in [0.25, 0.3) is 0 Å². The zero-order chi connectivity index (χ0) is 22.1. The monoisotopic (exact) mass is 429 g/mol. The summed E-state index contributed by atoms with van der Waals surface area (Å²) in [6.07, 6.45) is 8.87. The minimum absolute atomic E-state index is 0.0579. The van der Waals surface area contributed by atoms with Crippen molar-refractivity contribution in [3.63, 3.8) is 0 Å². The second kappa shape index (κ2) is 8.91. The third-order valence-electron chi connectivity index (χ3n) is 8.13. The molecule has 0 aromatic carbocycles. The maximum atomic E-state index is 10.9. The number of fused-ring (bicyclic) bond motifs is 3. The van der Waals surface area contributed by atoms with E-state index in [1.54, 1.807) is 12.4 Å². The lowest BCUT2D eigenvalue weighted by Gasteiger charge is -2.62. The predicted molar refractivity (Wildman–Crippen MR) is 117 cm³/mol. The Kier molecular flexibility index (Phi) is 6.40. The van der Waals surface area contributed by atoms with Gasteiger partial charge in [-0.3, -0.25) is 9.78 Å². The summed E-state index contributed by atoms with van der Waals surface area (Å²) in [6.45, 7) is 10.5. The molecule has 0 bridgehead atoms. The summed E-state index contributed by atoms with van der Waals surface area (Å²) >= 11 is 0. The highest BCUT2D eigenvalue weighted by molar-refractivity contribution is 5.66.